The van der Waals surface area contributed by atoms with Gasteiger partial charge in [-0.3, -0.25) is 9.36 Å². The number of aromatic nitrogens is 2. The lowest BCUT2D eigenvalue weighted by atomic mass is 10.5. The fourth-order valence-electron chi connectivity index (χ4n) is 1.11. The normalized spacial score (nSPS) is 10.4. The number of halogens is 1. The lowest BCUT2D eigenvalue weighted by molar-refractivity contribution is 0.0862. The van der Waals surface area contributed by atoms with Crippen molar-refractivity contribution in [3.05, 3.63) is 21.8 Å². The van der Waals surface area contributed by atoms with E-state index < -0.39 is 0 Å². The van der Waals surface area contributed by atoms with Crippen molar-refractivity contribution in [2.75, 3.05) is 26.9 Å². The molecule has 6 nitrogen and oxygen atoms in total. The first-order valence-corrected chi connectivity index (χ1v) is 5.06. The van der Waals surface area contributed by atoms with Gasteiger partial charge in [0.2, 0.25) is 5.75 Å². The molecule has 0 atom stereocenters. The van der Waals surface area contributed by atoms with Crippen LogP contribution in [-0.4, -0.2) is 41.6 Å². The second kappa shape index (κ2) is 6.47. The summed E-state index contributed by atoms with van der Waals surface area (Å²) in [5.41, 5.74) is -0.352. The van der Waals surface area contributed by atoms with Gasteiger partial charge in [0, 0.05) is 0 Å². The molecule has 0 spiro atoms. The first kappa shape index (κ1) is 13.0. The van der Waals surface area contributed by atoms with Crippen molar-refractivity contribution < 1.29 is 14.6 Å². The quantitative estimate of drug-likeness (QED) is 0.563. The number of aliphatic hydroxyl groups is 1. The van der Waals surface area contributed by atoms with Gasteiger partial charge in [-0.15, -0.1) is 0 Å². The third kappa shape index (κ3) is 3.19. The minimum absolute atomic E-state index is 0.0197. The number of methoxy groups -OCH3 is 1. The van der Waals surface area contributed by atoms with Crippen molar-refractivity contribution in [3.8, 4) is 5.75 Å². The average molecular weight is 249 g/mol. The maximum absolute atomic E-state index is 11.7. The zero-order chi connectivity index (χ0) is 12.0. The van der Waals surface area contributed by atoms with Gasteiger partial charge in [0.1, 0.15) is 0 Å². The van der Waals surface area contributed by atoms with E-state index in [2.05, 4.69) is 4.98 Å². The van der Waals surface area contributed by atoms with E-state index in [1.54, 1.807) is 0 Å². The lowest BCUT2D eigenvalue weighted by Crippen LogP contribution is -2.24. The van der Waals surface area contributed by atoms with Gasteiger partial charge in [-0.2, -0.15) is 0 Å². The Hall–Kier alpha value is -1.11. The number of aliphatic hydroxyl groups excluding tert-OH is 1. The molecule has 0 aromatic carbocycles. The van der Waals surface area contributed by atoms with E-state index in [-0.39, 0.29) is 29.7 Å². The molecule has 7 heteroatoms. The highest BCUT2D eigenvalue weighted by Gasteiger charge is 2.09. The van der Waals surface area contributed by atoms with E-state index in [0.717, 1.165) is 0 Å². The molecule has 0 aliphatic rings. The second-order valence-corrected chi connectivity index (χ2v) is 3.26. The van der Waals surface area contributed by atoms with E-state index in [4.69, 9.17) is 26.2 Å². The fraction of sp³-hybridized carbons (Fsp3) is 0.556. The standard InChI is InChI=1S/C9H13ClN2O4/c1-15-7-8(10)11-6-12(9(7)14)2-4-16-5-3-13/h6,13H,2-5H2,1H3. The molecule has 0 aliphatic carbocycles. The van der Waals surface area contributed by atoms with Crippen LogP contribution < -0.4 is 10.3 Å². The van der Waals surface area contributed by atoms with E-state index >= 15 is 0 Å². The molecular formula is C9H13ClN2O4. The predicted molar refractivity (Wildman–Crippen MR) is 58.0 cm³/mol. The van der Waals surface area contributed by atoms with Gasteiger partial charge in [0.15, 0.2) is 5.15 Å². The maximum atomic E-state index is 11.7. The first-order valence-electron chi connectivity index (χ1n) is 4.68. The SMILES string of the molecule is COc1c(Cl)ncn(CCOCCO)c1=O. The lowest BCUT2D eigenvalue weighted by Gasteiger charge is -2.08. The monoisotopic (exact) mass is 248 g/mol. The summed E-state index contributed by atoms with van der Waals surface area (Å²) in [5, 5.41) is 8.53. The van der Waals surface area contributed by atoms with Crippen molar-refractivity contribution in [1.29, 1.82) is 0 Å². The molecule has 1 N–H and O–H groups in total. The number of hydrogen-bond donors (Lipinski definition) is 1. The van der Waals surface area contributed by atoms with Gasteiger partial charge in [0.25, 0.3) is 5.56 Å². The number of hydrogen-bond acceptors (Lipinski definition) is 5. The van der Waals surface area contributed by atoms with Gasteiger partial charge in [-0.05, 0) is 0 Å². The molecule has 0 fully saturated rings. The average Bonchev–Trinajstić information content (AvgIpc) is 2.28. The van der Waals surface area contributed by atoms with Gasteiger partial charge in [-0.1, -0.05) is 11.6 Å². The largest absolute Gasteiger partial charge is 0.489 e. The van der Waals surface area contributed by atoms with E-state index in [9.17, 15) is 4.79 Å². The highest BCUT2D eigenvalue weighted by Crippen LogP contribution is 2.14. The van der Waals surface area contributed by atoms with E-state index in [1.165, 1.54) is 18.0 Å². The van der Waals surface area contributed by atoms with Crippen LogP contribution in [0.1, 0.15) is 0 Å². The fourth-order valence-corrected chi connectivity index (χ4v) is 1.31. The molecule has 0 aliphatic heterocycles. The molecule has 0 radical (unpaired) electrons. The minimum atomic E-state index is -0.352. The van der Waals surface area contributed by atoms with Gasteiger partial charge in [-0.25, -0.2) is 4.98 Å². The molecule has 1 heterocycles. The molecule has 0 bridgehead atoms. The highest BCUT2D eigenvalue weighted by atomic mass is 35.5. The molecule has 0 unspecified atom stereocenters. The molecule has 1 aromatic heterocycles. The third-order valence-electron chi connectivity index (χ3n) is 1.87. The Kier molecular flexibility index (Phi) is 5.24. The summed E-state index contributed by atoms with van der Waals surface area (Å²) in [7, 11) is 1.36. The van der Waals surface area contributed by atoms with Crippen molar-refractivity contribution in [2.24, 2.45) is 0 Å². The van der Waals surface area contributed by atoms with Crippen LogP contribution in [0.15, 0.2) is 11.1 Å². The van der Waals surface area contributed by atoms with Crippen LogP contribution in [-0.2, 0) is 11.3 Å². The Labute approximate surface area is 97.4 Å². The zero-order valence-electron chi connectivity index (χ0n) is 8.85. The predicted octanol–water partition coefficient (Wildman–Crippen LogP) is -0.0858. The minimum Gasteiger partial charge on any atom is -0.489 e. The summed E-state index contributed by atoms with van der Waals surface area (Å²) in [6.07, 6.45) is 1.33. The molecule has 16 heavy (non-hydrogen) atoms. The Morgan fingerprint density at radius 2 is 2.31 bits per heavy atom. The Morgan fingerprint density at radius 3 is 2.94 bits per heavy atom. The summed E-state index contributed by atoms with van der Waals surface area (Å²) in [6, 6.07) is 0. The van der Waals surface area contributed by atoms with Crippen molar-refractivity contribution in [3.63, 3.8) is 0 Å². The third-order valence-corrected chi connectivity index (χ3v) is 2.14. The van der Waals surface area contributed by atoms with Crippen molar-refractivity contribution >= 4 is 11.6 Å². The van der Waals surface area contributed by atoms with Crippen LogP contribution in [0.2, 0.25) is 5.15 Å². The number of ether oxygens (including phenoxy) is 2. The molecule has 0 saturated carbocycles. The second-order valence-electron chi connectivity index (χ2n) is 2.90. The molecule has 1 aromatic rings. The van der Waals surface area contributed by atoms with Crippen molar-refractivity contribution in [2.45, 2.75) is 6.54 Å². The van der Waals surface area contributed by atoms with Gasteiger partial charge >= 0.3 is 0 Å². The molecule has 0 saturated heterocycles. The van der Waals surface area contributed by atoms with Crippen LogP contribution in [0.4, 0.5) is 0 Å². The van der Waals surface area contributed by atoms with E-state index in [0.29, 0.717) is 13.2 Å². The molecule has 90 valence electrons. The summed E-state index contributed by atoms with van der Waals surface area (Å²) < 4.78 is 11.2. The smallest absolute Gasteiger partial charge is 0.297 e. The maximum Gasteiger partial charge on any atom is 0.297 e. The Bertz CT molecular complexity index is 394. The molecular weight excluding hydrogens is 236 g/mol. The molecule has 0 amide bonds. The Morgan fingerprint density at radius 1 is 1.56 bits per heavy atom. The summed E-state index contributed by atoms with van der Waals surface area (Å²) in [5.74, 6) is 0.0197. The van der Waals surface area contributed by atoms with Crippen molar-refractivity contribution in [1.82, 2.24) is 9.55 Å². The van der Waals surface area contributed by atoms with Gasteiger partial charge < -0.3 is 14.6 Å². The number of nitrogens with zero attached hydrogens (tertiary/aromatic N) is 2. The van der Waals surface area contributed by atoms with Crippen LogP contribution in [0.25, 0.3) is 0 Å². The zero-order valence-corrected chi connectivity index (χ0v) is 9.61. The first-order chi connectivity index (χ1) is 7.70. The number of rotatable bonds is 6. The van der Waals surface area contributed by atoms with Crippen LogP contribution in [0.5, 0.6) is 5.75 Å². The van der Waals surface area contributed by atoms with E-state index in [1.807, 2.05) is 0 Å². The van der Waals surface area contributed by atoms with Crippen LogP contribution in [0, 0.1) is 0 Å². The molecule has 1 rings (SSSR count). The van der Waals surface area contributed by atoms with Gasteiger partial charge in [0.05, 0.1) is 39.8 Å². The Balaban J connectivity index is 2.70. The van der Waals surface area contributed by atoms with Crippen LogP contribution in [0.3, 0.4) is 0 Å². The highest BCUT2D eigenvalue weighted by molar-refractivity contribution is 6.30. The summed E-state index contributed by atoms with van der Waals surface area (Å²) in [4.78, 5) is 15.5. The van der Waals surface area contributed by atoms with Crippen LogP contribution >= 0.6 is 11.6 Å². The summed E-state index contributed by atoms with van der Waals surface area (Å²) in [6.45, 7) is 0.844. The topological polar surface area (TPSA) is 73.6 Å². The summed E-state index contributed by atoms with van der Waals surface area (Å²) >= 11 is 5.67.